The molecule has 0 aromatic heterocycles. The number of carbonyl (C=O) groups excluding carboxylic acids is 2. The number of carboxylic acid groups (broad SMARTS) is 1. The lowest BCUT2D eigenvalue weighted by Gasteiger charge is -2.21. The molecule has 0 radical (unpaired) electrons. The summed E-state index contributed by atoms with van der Waals surface area (Å²) in [5, 5.41) is 13.8. The van der Waals surface area contributed by atoms with Crippen LogP contribution in [0.5, 0.6) is 0 Å². The summed E-state index contributed by atoms with van der Waals surface area (Å²) >= 11 is 0. The summed E-state index contributed by atoms with van der Waals surface area (Å²) in [5.74, 6) is -1.46. The van der Waals surface area contributed by atoms with Gasteiger partial charge in [0.2, 0.25) is 5.91 Å². The fourth-order valence-electron chi connectivity index (χ4n) is 1.72. The van der Waals surface area contributed by atoms with Crippen LogP contribution in [0.15, 0.2) is 0 Å². The van der Waals surface area contributed by atoms with Gasteiger partial charge in [0.15, 0.2) is 0 Å². The van der Waals surface area contributed by atoms with E-state index < -0.39 is 18.0 Å². The second kappa shape index (κ2) is 9.17. The normalized spacial score (nSPS) is 13.2. The molecule has 116 valence electrons. The van der Waals surface area contributed by atoms with Crippen LogP contribution in [-0.2, 0) is 9.59 Å². The molecule has 0 saturated heterocycles. The van der Waals surface area contributed by atoms with Crippen molar-refractivity contribution in [2.45, 2.75) is 40.2 Å². The van der Waals surface area contributed by atoms with Crippen molar-refractivity contribution >= 4 is 17.9 Å². The molecule has 7 nitrogen and oxygen atoms in total. The third-order valence-electron chi connectivity index (χ3n) is 3.28. The monoisotopic (exact) mass is 287 g/mol. The lowest BCUT2D eigenvalue weighted by atomic mass is 9.99. The van der Waals surface area contributed by atoms with E-state index in [1.54, 1.807) is 11.8 Å². The Morgan fingerprint density at radius 1 is 1.15 bits per heavy atom. The number of nitrogens with zero attached hydrogens (tertiary/aromatic N) is 1. The topological polar surface area (TPSA) is 98.7 Å². The Labute approximate surface area is 119 Å². The summed E-state index contributed by atoms with van der Waals surface area (Å²) in [7, 11) is 0. The number of amides is 3. The Hall–Kier alpha value is -1.79. The third-order valence-corrected chi connectivity index (χ3v) is 3.28. The van der Waals surface area contributed by atoms with E-state index >= 15 is 0 Å². The summed E-state index contributed by atoms with van der Waals surface area (Å²) < 4.78 is 0. The fraction of sp³-hybridized carbons (Fsp3) is 0.769. The fourth-order valence-corrected chi connectivity index (χ4v) is 1.72. The van der Waals surface area contributed by atoms with Crippen molar-refractivity contribution in [3.8, 4) is 0 Å². The first-order chi connectivity index (χ1) is 9.37. The Morgan fingerprint density at radius 2 is 1.70 bits per heavy atom. The van der Waals surface area contributed by atoms with Crippen LogP contribution in [0.2, 0.25) is 0 Å². The molecule has 0 aliphatic heterocycles. The van der Waals surface area contributed by atoms with E-state index in [4.69, 9.17) is 5.11 Å². The Morgan fingerprint density at radius 3 is 2.10 bits per heavy atom. The zero-order chi connectivity index (χ0) is 15.7. The van der Waals surface area contributed by atoms with Crippen molar-refractivity contribution in [2.24, 2.45) is 5.92 Å². The number of likely N-dealkylation sites (N-methyl/N-ethyl adjacent to an activating group) is 1. The Bertz CT molecular complexity index is 343. The van der Waals surface area contributed by atoms with E-state index in [-0.39, 0.29) is 18.4 Å². The van der Waals surface area contributed by atoms with Crippen molar-refractivity contribution in [2.75, 3.05) is 19.6 Å². The van der Waals surface area contributed by atoms with Gasteiger partial charge in [-0.1, -0.05) is 20.3 Å². The number of hydrogen-bond donors (Lipinski definition) is 3. The zero-order valence-electron chi connectivity index (χ0n) is 12.6. The maximum atomic E-state index is 11.7. The molecule has 0 rings (SSSR count). The van der Waals surface area contributed by atoms with Crippen LogP contribution in [0.1, 0.15) is 34.1 Å². The molecule has 0 aliphatic carbocycles. The maximum Gasteiger partial charge on any atom is 0.326 e. The highest BCUT2D eigenvalue weighted by Crippen LogP contribution is 2.07. The van der Waals surface area contributed by atoms with Crippen molar-refractivity contribution in [1.29, 1.82) is 0 Å². The van der Waals surface area contributed by atoms with Gasteiger partial charge in [0, 0.05) is 13.1 Å². The molecule has 7 heteroatoms. The minimum absolute atomic E-state index is 0.139. The quantitative estimate of drug-likeness (QED) is 0.610. The predicted molar refractivity (Wildman–Crippen MR) is 75.3 cm³/mol. The minimum atomic E-state index is -1.08. The lowest BCUT2D eigenvalue weighted by molar-refractivity contribution is -0.140. The first kappa shape index (κ1) is 18.2. The van der Waals surface area contributed by atoms with Crippen molar-refractivity contribution in [1.82, 2.24) is 15.5 Å². The van der Waals surface area contributed by atoms with E-state index in [9.17, 15) is 14.4 Å². The van der Waals surface area contributed by atoms with E-state index in [0.29, 0.717) is 19.5 Å². The summed E-state index contributed by atoms with van der Waals surface area (Å²) in [5.41, 5.74) is 0. The van der Waals surface area contributed by atoms with Gasteiger partial charge in [-0.15, -0.1) is 0 Å². The molecule has 0 aromatic carbocycles. The van der Waals surface area contributed by atoms with Gasteiger partial charge in [-0.3, -0.25) is 4.79 Å². The Balaban J connectivity index is 4.34. The number of urea groups is 1. The lowest BCUT2D eigenvalue weighted by Crippen LogP contribution is -2.51. The molecular weight excluding hydrogens is 262 g/mol. The number of aliphatic carboxylic acids is 1. The summed E-state index contributed by atoms with van der Waals surface area (Å²) in [6.07, 6.45) is 0.635. The number of carboxylic acids is 1. The molecule has 3 N–H and O–H groups in total. The number of nitrogens with one attached hydrogen (secondary N) is 2. The highest BCUT2D eigenvalue weighted by Gasteiger charge is 2.25. The summed E-state index contributed by atoms with van der Waals surface area (Å²) in [6, 6.07) is -1.60. The molecule has 2 unspecified atom stereocenters. The number of hydrogen-bond acceptors (Lipinski definition) is 3. The molecule has 0 aromatic rings. The predicted octanol–water partition coefficient (Wildman–Crippen LogP) is 0.653. The van der Waals surface area contributed by atoms with Crippen LogP contribution in [0.3, 0.4) is 0 Å². The van der Waals surface area contributed by atoms with Gasteiger partial charge in [0.05, 0.1) is 6.54 Å². The van der Waals surface area contributed by atoms with Gasteiger partial charge < -0.3 is 20.6 Å². The second-order valence-corrected chi connectivity index (χ2v) is 4.59. The largest absolute Gasteiger partial charge is 0.480 e. The first-order valence-corrected chi connectivity index (χ1v) is 6.92. The molecule has 2 atom stereocenters. The molecule has 0 spiro atoms. The molecule has 0 aliphatic rings. The standard InChI is InChI=1S/C13H25N3O4/c1-5-9(4)11(12(18)19)15-13(20)14-8-10(17)16(6-2)7-3/h9,11H,5-8H2,1-4H3,(H,18,19)(H2,14,15,20). The third kappa shape index (κ3) is 5.90. The molecule has 0 saturated carbocycles. The van der Waals surface area contributed by atoms with E-state index in [1.165, 1.54) is 0 Å². The van der Waals surface area contributed by atoms with Crippen molar-refractivity contribution in [3.05, 3.63) is 0 Å². The van der Waals surface area contributed by atoms with Gasteiger partial charge in [-0.25, -0.2) is 9.59 Å². The van der Waals surface area contributed by atoms with Crippen molar-refractivity contribution in [3.63, 3.8) is 0 Å². The molecule has 0 fully saturated rings. The van der Waals surface area contributed by atoms with Gasteiger partial charge in [-0.05, 0) is 19.8 Å². The average molecular weight is 287 g/mol. The molecular formula is C13H25N3O4. The maximum absolute atomic E-state index is 11.7. The number of rotatable bonds is 8. The molecule has 0 heterocycles. The van der Waals surface area contributed by atoms with Crippen molar-refractivity contribution < 1.29 is 19.5 Å². The molecule has 20 heavy (non-hydrogen) atoms. The van der Waals surface area contributed by atoms with E-state index in [1.807, 2.05) is 20.8 Å². The summed E-state index contributed by atoms with van der Waals surface area (Å²) in [6.45, 7) is 8.31. The highest BCUT2D eigenvalue weighted by molar-refractivity contribution is 5.86. The van der Waals surface area contributed by atoms with Gasteiger partial charge >= 0.3 is 12.0 Å². The van der Waals surface area contributed by atoms with Crippen LogP contribution in [0.4, 0.5) is 4.79 Å². The van der Waals surface area contributed by atoms with Crippen LogP contribution < -0.4 is 10.6 Å². The molecule has 3 amide bonds. The van der Waals surface area contributed by atoms with E-state index in [0.717, 1.165) is 0 Å². The van der Waals surface area contributed by atoms with Gasteiger partial charge in [0.25, 0.3) is 0 Å². The van der Waals surface area contributed by atoms with Crippen LogP contribution in [-0.4, -0.2) is 53.6 Å². The first-order valence-electron chi connectivity index (χ1n) is 6.92. The summed E-state index contributed by atoms with van der Waals surface area (Å²) in [4.78, 5) is 36.0. The highest BCUT2D eigenvalue weighted by atomic mass is 16.4. The van der Waals surface area contributed by atoms with Crippen LogP contribution >= 0.6 is 0 Å². The average Bonchev–Trinajstić information content (AvgIpc) is 2.42. The van der Waals surface area contributed by atoms with Crippen LogP contribution in [0.25, 0.3) is 0 Å². The smallest absolute Gasteiger partial charge is 0.326 e. The number of carbonyl (C=O) groups is 3. The minimum Gasteiger partial charge on any atom is -0.480 e. The second-order valence-electron chi connectivity index (χ2n) is 4.59. The van der Waals surface area contributed by atoms with E-state index in [2.05, 4.69) is 10.6 Å². The zero-order valence-corrected chi connectivity index (χ0v) is 12.6. The Kier molecular flexibility index (Phi) is 8.35. The molecule has 0 bridgehead atoms. The van der Waals surface area contributed by atoms with Crippen LogP contribution in [0, 0.1) is 5.92 Å². The van der Waals surface area contributed by atoms with Gasteiger partial charge in [-0.2, -0.15) is 0 Å². The SMILES string of the molecule is CCC(C)C(NC(=O)NCC(=O)N(CC)CC)C(=O)O. The van der Waals surface area contributed by atoms with Gasteiger partial charge in [0.1, 0.15) is 6.04 Å².